The first-order chi connectivity index (χ1) is 13.2. The van der Waals surface area contributed by atoms with Crippen molar-refractivity contribution in [2.75, 3.05) is 6.54 Å². The second-order valence-electron chi connectivity index (χ2n) is 7.33. The summed E-state index contributed by atoms with van der Waals surface area (Å²) in [5.74, 6) is -0.587. The lowest BCUT2D eigenvalue weighted by Gasteiger charge is -2.21. The fourth-order valence-electron chi connectivity index (χ4n) is 3.87. The maximum atomic E-state index is 12.7. The first kappa shape index (κ1) is 18.7. The van der Waals surface area contributed by atoms with Gasteiger partial charge in [-0.05, 0) is 50.6 Å². The number of nitrogens with zero attached hydrogens (tertiary/aromatic N) is 2. The van der Waals surface area contributed by atoms with Crippen LogP contribution in [-0.2, 0) is 16.6 Å². The predicted octanol–water partition coefficient (Wildman–Crippen LogP) is 2.77. The van der Waals surface area contributed by atoms with Crippen LogP contribution < -0.4 is 0 Å². The topological polar surface area (TPSA) is 79.6 Å². The zero-order chi connectivity index (χ0) is 20.2. The summed E-state index contributed by atoms with van der Waals surface area (Å²) in [7, 11) is -3.92. The molecule has 0 aliphatic carbocycles. The molecule has 4 rings (SSSR count). The minimum absolute atomic E-state index is 0.00103. The number of fused-ring (bicyclic) bond motifs is 2. The molecule has 0 saturated carbocycles. The third-order valence-electron chi connectivity index (χ3n) is 5.48. The predicted molar refractivity (Wildman–Crippen MR) is 107 cm³/mol. The lowest BCUT2D eigenvalue weighted by atomic mass is 10.1. The number of carbonyl (C=O) groups excluding carboxylic acids is 1. The average molecular weight is 398 g/mol. The van der Waals surface area contributed by atoms with Gasteiger partial charge in [0.25, 0.3) is 15.9 Å². The van der Waals surface area contributed by atoms with Gasteiger partial charge in [-0.3, -0.25) is 4.79 Å². The standard InChI is InChI=1S/C21H22N2O4S/c1-13-8-9-19-18(10-13)14(2)15(3)22(19)11-16(24)12-23-21(25)17-6-4-5-7-20(17)28(23,26)27/h4-10,16,24H,11-12H2,1-3H3/t16-/m0/s1. The number of aryl methyl sites for hydroxylation is 2. The van der Waals surface area contributed by atoms with Crippen molar-refractivity contribution >= 4 is 26.8 Å². The second-order valence-corrected chi connectivity index (χ2v) is 9.16. The molecule has 0 radical (unpaired) electrons. The zero-order valence-corrected chi connectivity index (χ0v) is 16.8. The number of aliphatic hydroxyl groups excluding tert-OH is 1. The summed E-state index contributed by atoms with van der Waals surface area (Å²) in [6.45, 7) is 5.97. The Bertz CT molecular complexity index is 1210. The SMILES string of the molecule is Cc1ccc2c(c1)c(C)c(C)n2C[C@H](O)CN1C(=O)c2ccccc2S1(=O)=O. The lowest BCUT2D eigenvalue weighted by Crippen LogP contribution is -2.38. The van der Waals surface area contributed by atoms with Gasteiger partial charge in [-0.15, -0.1) is 0 Å². The number of aromatic nitrogens is 1. The Labute approximate surface area is 164 Å². The smallest absolute Gasteiger partial charge is 0.269 e. The molecule has 1 atom stereocenters. The number of aliphatic hydroxyl groups is 1. The molecule has 0 bridgehead atoms. The van der Waals surface area contributed by atoms with Crippen molar-refractivity contribution in [3.05, 3.63) is 64.8 Å². The Morgan fingerprint density at radius 2 is 1.75 bits per heavy atom. The van der Waals surface area contributed by atoms with Gasteiger partial charge in [0.2, 0.25) is 0 Å². The van der Waals surface area contributed by atoms with Crippen LogP contribution in [0.3, 0.4) is 0 Å². The van der Waals surface area contributed by atoms with Crippen LogP contribution in [0.15, 0.2) is 47.4 Å². The van der Waals surface area contributed by atoms with Gasteiger partial charge in [0.05, 0.1) is 24.8 Å². The fraction of sp³-hybridized carbons (Fsp3) is 0.286. The molecule has 1 aromatic heterocycles. The van der Waals surface area contributed by atoms with Crippen molar-refractivity contribution in [3.63, 3.8) is 0 Å². The molecule has 1 aliphatic heterocycles. The average Bonchev–Trinajstić information content (AvgIpc) is 3.00. The third kappa shape index (κ3) is 2.73. The highest BCUT2D eigenvalue weighted by Gasteiger charge is 2.41. The number of hydrogen-bond acceptors (Lipinski definition) is 4. The van der Waals surface area contributed by atoms with Crippen LogP contribution in [0.25, 0.3) is 10.9 Å². The van der Waals surface area contributed by atoms with Gasteiger partial charge >= 0.3 is 0 Å². The molecule has 2 heterocycles. The largest absolute Gasteiger partial charge is 0.389 e. The number of β-amino-alcohol motifs (C(OH)–C–C–N with tert-alkyl or cyclic N) is 1. The molecule has 7 heteroatoms. The van der Waals surface area contributed by atoms with Gasteiger partial charge in [-0.1, -0.05) is 23.8 Å². The van der Waals surface area contributed by atoms with Gasteiger partial charge < -0.3 is 9.67 Å². The number of benzene rings is 2. The summed E-state index contributed by atoms with van der Waals surface area (Å²) in [6.07, 6.45) is -1.02. The molecule has 2 aromatic carbocycles. The highest BCUT2D eigenvalue weighted by Crippen LogP contribution is 2.31. The van der Waals surface area contributed by atoms with E-state index in [-0.39, 0.29) is 23.5 Å². The van der Waals surface area contributed by atoms with Crippen molar-refractivity contribution in [1.29, 1.82) is 0 Å². The van der Waals surface area contributed by atoms with Crippen LogP contribution in [0.4, 0.5) is 0 Å². The van der Waals surface area contributed by atoms with Crippen LogP contribution in [-0.4, -0.2) is 41.0 Å². The van der Waals surface area contributed by atoms with E-state index < -0.39 is 22.0 Å². The zero-order valence-electron chi connectivity index (χ0n) is 16.0. The maximum Gasteiger partial charge on any atom is 0.269 e. The van der Waals surface area contributed by atoms with E-state index in [1.54, 1.807) is 12.1 Å². The van der Waals surface area contributed by atoms with E-state index in [1.165, 1.54) is 12.1 Å². The third-order valence-corrected chi connectivity index (χ3v) is 7.28. The molecule has 0 fully saturated rings. The van der Waals surface area contributed by atoms with Crippen molar-refractivity contribution in [1.82, 2.24) is 8.87 Å². The number of hydrogen-bond donors (Lipinski definition) is 1. The first-order valence-electron chi connectivity index (χ1n) is 9.12. The molecule has 1 aliphatic rings. The van der Waals surface area contributed by atoms with E-state index >= 15 is 0 Å². The molecule has 146 valence electrons. The van der Waals surface area contributed by atoms with Crippen molar-refractivity contribution < 1.29 is 18.3 Å². The number of rotatable bonds is 4. The monoisotopic (exact) mass is 398 g/mol. The summed E-state index contributed by atoms with van der Waals surface area (Å²) in [5.41, 5.74) is 4.43. The summed E-state index contributed by atoms with van der Waals surface area (Å²) >= 11 is 0. The van der Waals surface area contributed by atoms with E-state index in [1.807, 2.05) is 37.5 Å². The van der Waals surface area contributed by atoms with E-state index in [9.17, 15) is 18.3 Å². The van der Waals surface area contributed by atoms with Crippen LogP contribution in [0.1, 0.15) is 27.2 Å². The highest BCUT2D eigenvalue weighted by molar-refractivity contribution is 7.90. The molecule has 3 aromatic rings. The van der Waals surface area contributed by atoms with E-state index in [2.05, 4.69) is 6.07 Å². The van der Waals surface area contributed by atoms with Gasteiger partial charge in [-0.25, -0.2) is 12.7 Å². The Morgan fingerprint density at radius 1 is 1.04 bits per heavy atom. The molecule has 1 N–H and O–H groups in total. The van der Waals surface area contributed by atoms with E-state index in [4.69, 9.17) is 0 Å². The van der Waals surface area contributed by atoms with E-state index in [0.29, 0.717) is 0 Å². The van der Waals surface area contributed by atoms with Crippen LogP contribution in [0, 0.1) is 20.8 Å². The number of carbonyl (C=O) groups is 1. The van der Waals surface area contributed by atoms with Gasteiger partial charge in [0.15, 0.2) is 0 Å². The van der Waals surface area contributed by atoms with E-state index in [0.717, 1.165) is 32.0 Å². The summed E-state index contributed by atoms with van der Waals surface area (Å²) in [5, 5.41) is 11.8. The molecule has 0 spiro atoms. The quantitative estimate of drug-likeness (QED) is 0.733. The Balaban J connectivity index is 1.63. The second kappa shape index (κ2) is 6.46. The summed E-state index contributed by atoms with van der Waals surface area (Å²) in [4.78, 5) is 12.6. The Hall–Kier alpha value is -2.64. The maximum absolute atomic E-state index is 12.7. The van der Waals surface area contributed by atoms with Gasteiger partial charge in [0, 0.05) is 16.6 Å². The Kier molecular flexibility index (Phi) is 4.32. The normalized spacial score (nSPS) is 16.6. The summed E-state index contributed by atoms with van der Waals surface area (Å²) in [6, 6.07) is 12.3. The first-order valence-corrected chi connectivity index (χ1v) is 10.6. The molecule has 0 saturated heterocycles. The lowest BCUT2D eigenvalue weighted by molar-refractivity contribution is 0.0772. The molecular formula is C21H22N2O4S. The molecule has 0 unspecified atom stereocenters. The molecular weight excluding hydrogens is 376 g/mol. The van der Waals surface area contributed by atoms with Gasteiger partial charge in [-0.2, -0.15) is 0 Å². The van der Waals surface area contributed by atoms with Crippen molar-refractivity contribution in [2.24, 2.45) is 0 Å². The van der Waals surface area contributed by atoms with Gasteiger partial charge in [0.1, 0.15) is 4.90 Å². The minimum atomic E-state index is -3.92. The molecule has 6 nitrogen and oxygen atoms in total. The van der Waals surface area contributed by atoms with Crippen molar-refractivity contribution in [2.45, 2.75) is 38.3 Å². The molecule has 1 amide bonds. The van der Waals surface area contributed by atoms with Crippen LogP contribution in [0.5, 0.6) is 0 Å². The fourth-order valence-corrected chi connectivity index (χ4v) is 5.48. The van der Waals surface area contributed by atoms with Crippen LogP contribution in [0.2, 0.25) is 0 Å². The Morgan fingerprint density at radius 3 is 2.46 bits per heavy atom. The van der Waals surface area contributed by atoms with Crippen molar-refractivity contribution in [3.8, 4) is 0 Å². The van der Waals surface area contributed by atoms with Crippen LogP contribution >= 0.6 is 0 Å². The highest BCUT2D eigenvalue weighted by atomic mass is 32.2. The number of amides is 1. The number of sulfonamides is 1. The minimum Gasteiger partial charge on any atom is -0.389 e. The summed E-state index contributed by atoms with van der Waals surface area (Å²) < 4.78 is 28.1. The molecule has 28 heavy (non-hydrogen) atoms.